The molecule has 2 N–H and O–H groups in total. The largest absolute Gasteiger partial charge is 0.487 e. The highest BCUT2D eigenvalue weighted by atomic mass is 35.5. The van der Waals surface area contributed by atoms with Crippen molar-refractivity contribution in [3.05, 3.63) is 57.1 Å². The van der Waals surface area contributed by atoms with Gasteiger partial charge in [-0.25, -0.2) is 0 Å². The maximum atomic E-state index is 12.7. The van der Waals surface area contributed by atoms with Crippen LogP contribution in [0.2, 0.25) is 5.02 Å². The number of benzene rings is 2. The molecule has 9 heteroatoms. The van der Waals surface area contributed by atoms with Gasteiger partial charge >= 0.3 is 0 Å². The van der Waals surface area contributed by atoms with E-state index in [0.717, 1.165) is 12.8 Å². The van der Waals surface area contributed by atoms with Crippen LogP contribution in [0.5, 0.6) is 5.75 Å². The number of carbonyl (C=O) groups excluding carboxylic acids is 1. The van der Waals surface area contributed by atoms with Crippen molar-refractivity contribution in [2.24, 2.45) is 0 Å². The zero-order valence-electron chi connectivity index (χ0n) is 15.2. The van der Waals surface area contributed by atoms with E-state index in [1.165, 1.54) is 6.07 Å². The number of methoxy groups -OCH3 is 1. The summed E-state index contributed by atoms with van der Waals surface area (Å²) in [5.74, 6) is -0.184. The molecular formula is C19H20ClN3O5. The van der Waals surface area contributed by atoms with Crippen LogP contribution in [-0.4, -0.2) is 37.2 Å². The Morgan fingerprint density at radius 3 is 2.71 bits per heavy atom. The molecule has 0 atom stereocenters. The van der Waals surface area contributed by atoms with Crippen molar-refractivity contribution in [2.75, 3.05) is 31.0 Å². The van der Waals surface area contributed by atoms with Crippen LogP contribution in [0, 0.1) is 10.1 Å². The van der Waals surface area contributed by atoms with Gasteiger partial charge in [-0.2, -0.15) is 0 Å². The molecule has 0 aliphatic heterocycles. The van der Waals surface area contributed by atoms with Crippen LogP contribution in [0.1, 0.15) is 23.2 Å². The van der Waals surface area contributed by atoms with Gasteiger partial charge in [0.25, 0.3) is 11.6 Å². The zero-order valence-corrected chi connectivity index (χ0v) is 16.0. The van der Waals surface area contributed by atoms with E-state index in [1.807, 2.05) is 0 Å². The van der Waals surface area contributed by atoms with E-state index in [2.05, 4.69) is 10.6 Å². The van der Waals surface area contributed by atoms with Crippen LogP contribution in [0.3, 0.4) is 0 Å². The SMILES string of the molecule is COCCOc1c(Cl)cccc1NC(=O)c1ccc(NC2CC2)c([N+](=O)[O-])c1. The summed E-state index contributed by atoms with van der Waals surface area (Å²) in [7, 11) is 1.55. The molecule has 1 fully saturated rings. The average molecular weight is 406 g/mol. The summed E-state index contributed by atoms with van der Waals surface area (Å²) in [5.41, 5.74) is 0.810. The van der Waals surface area contributed by atoms with E-state index in [1.54, 1.807) is 37.4 Å². The number of ether oxygens (including phenoxy) is 2. The molecule has 1 aliphatic carbocycles. The van der Waals surface area contributed by atoms with E-state index < -0.39 is 10.8 Å². The van der Waals surface area contributed by atoms with Crippen molar-refractivity contribution in [2.45, 2.75) is 18.9 Å². The summed E-state index contributed by atoms with van der Waals surface area (Å²) in [4.78, 5) is 23.5. The lowest BCUT2D eigenvalue weighted by Gasteiger charge is -2.14. The molecule has 0 spiro atoms. The van der Waals surface area contributed by atoms with Gasteiger partial charge < -0.3 is 20.1 Å². The second-order valence-corrected chi connectivity index (χ2v) is 6.73. The first-order valence-electron chi connectivity index (χ1n) is 8.76. The number of rotatable bonds is 9. The lowest BCUT2D eigenvalue weighted by Crippen LogP contribution is -2.15. The molecule has 3 rings (SSSR count). The minimum atomic E-state index is -0.500. The van der Waals surface area contributed by atoms with Gasteiger partial charge in [0, 0.05) is 24.8 Å². The molecule has 0 aromatic heterocycles. The molecule has 1 saturated carbocycles. The first kappa shape index (κ1) is 19.9. The average Bonchev–Trinajstić information content (AvgIpc) is 3.48. The van der Waals surface area contributed by atoms with Crippen molar-refractivity contribution in [3.63, 3.8) is 0 Å². The lowest BCUT2D eigenvalue weighted by atomic mass is 10.1. The smallest absolute Gasteiger partial charge is 0.293 e. The first-order chi connectivity index (χ1) is 13.5. The molecule has 0 bridgehead atoms. The van der Waals surface area contributed by atoms with Gasteiger partial charge in [-0.05, 0) is 37.1 Å². The van der Waals surface area contributed by atoms with Gasteiger partial charge in [0.15, 0.2) is 5.75 Å². The normalized spacial score (nSPS) is 13.1. The molecule has 0 unspecified atom stereocenters. The second-order valence-electron chi connectivity index (χ2n) is 6.32. The molecule has 28 heavy (non-hydrogen) atoms. The van der Waals surface area contributed by atoms with Crippen LogP contribution in [0.25, 0.3) is 0 Å². The Kier molecular flexibility index (Phi) is 6.33. The molecule has 0 radical (unpaired) electrons. The van der Waals surface area contributed by atoms with Crippen LogP contribution >= 0.6 is 11.6 Å². The number of nitrogens with zero attached hydrogens (tertiary/aromatic N) is 1. The van der Waals surface area contributed by atoms with E-state index >= 15 is 0 Å². The van der Waals surface area contributed by atoms with E-state index in [-0.39, 0.29) is 23.9 Å². The number of carbonyl (C=O) groups is 1. The minimum absolute atomic E-state index is 0.137. The van der Waals surface area contributed by atoms with Gasteiger partial charge in [0.1, 0.15) is 12.3 Å². The Morgan fingerprint density at radius 2 is 2.04 bits per heavy atom. The van der Waals surface area contributed by atoms with Gasteiger partial charge in [-0.3, -0.25) is 14.9 Å². The summed E-state index contributed by atoms with van der Waals surface area (Å²) >= 11 is 6.16. The highest BCUT2D eigenvalue weighted by Crippen LogP contribution is 2.34. The number of nitrogens with one attached hydrogen (secondary N) is 2. The summed E-state index contributed by atoms with van der Waals surface area (Å²) in [6.07, 6.45) is 1.97. The molecule has 1 amide bonds. The zero-order chi connectivity index (χ0) is 20.1. The molecule has 2 aromatic carbocycles. The van der Waals surface area contributed by atoms with E-state index in [0.29, 0.717) is 28.8 Å². The van der Waals surface area contributed by atoms with Gasteiger partial charge in [-0.15, -0.1) is 0 Å². The predicted molar refractivity (Wildman–Crippen MR) is 107 cm³/mol. The van der Waals surface area contributed by atoms with Gasteiger partial charge in [0.05, 0.1) is 22.2 Å². The van der Waals surface area contributed by atoms with Crippen molar-refractivity contribution in [3.8, 4) is 5.75 Å². The van der Waals surface area contributed by atoms with Gasteiger partial charge in [0.2, 0.25) is 0 Å². The molecular weight excluding hydrogens is 386 g/mol. The minimum Gasteiger partial charge on any atom is -0.487 e. The second kappa shape index (κ2) is 8.90. The Hall–Kier alpha value is -2.84. The van der Waals surface area contributed by atoms with Crippen LogP contribution in [0.4, 0.5) is 17.1 Å². The third-order valence-corrected chi connectivity index (χ3v) is 4.44. The number of nitro groups is 1. The Balaban J connectivity index is 1.80. The van der Waals surface area contributed by atoms with Gasteiger partial charge in [-0.1, -0.05) is 17.7 Å². The lowest BCUT2D eigenvalue weighted by molar-refractivity contribution is -0.384. The maximum Gasteiger partial charge on any atom is 0.293 e. The standard InChI is InChI=1S/C19H20ClN3O5/c1-27-9-10-28-18-14(20)3-2-4-16(18)22-19(24)12-5-8-15(21-13-6-7-13)17(11-12)23(25)26/h2-5,8,11,13,21H,6-7,9-10H2,1H3,(H,22,24). The number of hydrogen-bond donors (Lipinski definition) is 2. The molecule has 0 saturated heterocycles. The van der Waals surface area contributed by atoms with Crippen LogP contribution in [-0.2, 0) is 4.74 Å². The fourth-order valence-corrected chi connectivity index (χ4v) is 2.80. The van der Waals surface area contributed by atoms with Crippen molar-refractivity contribution >= 4 is 34.6 Å². The summed E-state index contributed by atoms with van der Waals surface area (Å²) in [5, 5.41) is 17.5. The first-order valence-corrected chi connectivity index (χ1v) is 9.14. The van der Waals surface area contributed by atoms with E-state index in [9.17, 15) is 14.9 Å². The highest BCUT2D eigenvalue weighted by Gasteiger charge is 2.25. The fraction of sp³-hybridized carbons (Fsp3) is 0.316. The van der Waals surface area contributed by atoms with Crippen molar-refractivity contribution in [1.29, 1.82) is 0 Å². The monoisotopic (exact) mass is 405 g/mol. The number of amides is 1. The predicted octanol–water partition coefficient (Wildman–Crippen LogP) is 4.10. The summed E-state index contributed by atoms with van der Waals surface area (Å²) < 4.78 is 10.5. The molecule has 1 aliphatic rings. The number of anilines is 2. The van der Waals surface area contributed by atoms with E-state index in [4.69, 9.17) is 21.1 Å². The quantitative estimate of drug-likeness (QED) is 0.370. The molecule has 0 heterocycles. The highest BCUT2D eigenvalue weighted by molar-refractivity contribution is 6.32. The molecule has 8 nitrogen and oxygen atoms in total. The van der Waals surface area contributed by atoms with Crippen LogP contribution < -0.4 is 15.4 Å². The third kappa shape index (κ3) is 4.90. The topological polar surface area (TPSA) is 103 Å². The van der Waals surface area contributed by atoms with Crippen LogP contribution in [0.15, 0.2) is 36.4 Å². The number of para-hydroxylation sites is 1. The summed E-state index contributed by atoms with van der Waals surface area (Å²) in [6, 6.07) is 9.58. The maximum absolute atomic E-state index is 12.7. The van der Waals surface area contributed by atoms with Crippen molar-refractivity contribution < 1.29 is 19.2 Å². The van der Waals surface area contributed by atoms with Crippen molar-refractivity contribution in [1.82, 2.24) is 0 Å². The fourth-order valence-electron chi connectivity index (χ4n) is 2.57. The number of hydrogen-bond acceptors (Lipinski definition) is 6. The molecule has 2 aromatic rings. The third-order valence-electron chi connectivity index (χ3n) is 4.14. The Labute approximate surface area is 166 Å². The summed E-state index contributed by atoms with van der Waals surface area (Å²) in [6.45, 7) is 0.621. The Bertz CT molecular complexity index is 886. The number of halogens is 1. The number of nitro benzene ring substituents is 1. The molecule has 148 valence electrons. The Morgan fingerprint density at radius 1 is 1.25 bits per heavy atom.